The first-order chi connectivity index (χ1) is 9.98. The average Bonchev–Trinajstić information content (AvgIpc) is 2.84. The summed E-state index contributed by atoms with van der Waals surface area (Å²) >= 11 is 0. The van der Waals surface area contributed by atoms with Crippen molar-refractivity contribution >= 4 is 5.91 Å². The number of hydrogen-bond acceptors (Lipinski definition) is 4. The molecule has 1 heterocycles. The minimum Gasteiger partial charge on any atom is -0.493 e. The van der Waals surface area contributed by atoms with Gasteiger partial charge in [0, 0.05) is 25.4 Å². The first-order valence-corrected chi connectivity index (χ1v) is 7.14. The maximum absolute atomic E-state index is 11.6. The summed E-state index contributed by atoms with van der Waals surface area (Å²) in [5, 5.41) is 10.5. The van der Waals surface area contributed by atoms with Gasteiger partial charge in [0.1, 0.15) is 0 Å². The van der Waals surface area contributed by atoms with Gasteiger partial charge in [-0.1, -0.05) is 13.0 Å². The molecule has 0 bridgehead atoms. The Labute approximate surface area is 125 Å². The third-order valence-corrected chi connectivity index (χ3v) is 4.54. The fourth-order valence-corrected chi connectivity index (χ4v) is 3.12. The number of benzene rings is 1. The molecule has 1 aromatic rings. The van der Waals surface area contributed by atoms with Crippen LogP contribution in [0.4, 0.5) is 0 Å². The molecule has 0 saturated carbocycles. The van der Waals surface area contributed by atoms with Crippen LogP contribution in [-0.2, 0) is 10.2 Å². The van der Waals surface area contributed by atoms with Gasteiger partial charge in [-0.05, 0) is 24.1 Å². The van der Waals surface area contributed by atoms with Gasteiger partial charge in [0.2, 0.25) is 5.91 Å². The van der Waals surface area contributed by atoms with E-state index in [9.17, 15) is 9.90 Å². The number of β-amino-alcohol motifs (C(OH)–C–C–N with tert-alkyl or cyclic N) is 1. The van der Waals surface area contributed by atoms with Gasteiger partial charge in [-0.2, -0.15) is 0 Å². The Bertz CT molecular complexity index is 531. The van der Waals surface area contributed by atoms with E-state index >= 15 is 0 Å². The lowest BCUT2D eigenvalue weighted by molar-refractivity contribution is -0.128. The number of ether oxygens (including phenoxy) is 2. The number of likely N-dealkylation sites (tertiary alicyclic amines) is 1. The largest absolute Gasteiger partial charge is 0.493 e. The number of carbonyl (C=O) groups excluding carboxylic acids is 1. The SMILES string of the molecule is CC[C@]1(c2ccc(OC)c(OC)c2)CN(C(C)=O)C[C@@H]1O. The van der Waals surface area contributed by atoms with Crippen molar-refractivity contribution in [3.63, 3.8) is 0 Å². The van der Waals surface area contributed by atoms with E-state index in [1.807, 2.05) is 25.1 Å². The smallest absolute Gasteiger partial charge is 0.219 e. The zero-order chi connectivity index (χ0) is 15.6. The summed E-state index contributed by atoms with van der Waals surface area (Å²) in [6.45, 7) is 4.46. The molecule has 0 spiro atoms. The highest BCUT2D eigenvalue weighted by Crippen LogP contribution is 2.41. The number of carbonyl (C=O) groups is 1. The van der Waals surface area contributed by atoms with Crippen molar-refractivity contribution in [1.29, 1.82) is 0 Å². The van der Waals surface area contributed by atoms with Crippen molar-refractivity contribution in [1.82, 2.24) is 4.90 Å². The molecule has 1 aromatic carbocycles. The van der Waals surface area contributed by atoms with Crippen LogP contribution in [0.3, 0.4) is 0 Å². The normalized spacial score (nSPS) is 25.0. The Hall–Kier alpha value is -1.75. The van der Waals surface area contributed by atoms with Gasteiger partial charge in [-0.3, -0.25) is 4.79 Å². The molecule has 1 N–H and O–H groups in total. The van der Waals surface area contributed by atoms with E-state index < -0.39 is 11.5 Å². The highest BCUT2D eigenvalue weighted by molar-refractivity contribution is 5.74. The Balaban J connectivity index is 2.44. The number of rotatable bonds is 4. The number of methoxy groups -OCH3 is 2. The molecule has 5 nitrogen and oxygen atoms in total. The molecule has 0 unspecified atom stereocenters. The predicted octanol–water partition coefficient (Wildman–Crippen LogP) is 1.57. The highest BCUT2D eigenvalue weighted by Gasteiger charge is 2.46. The summed E-state index contributed by atoms with van der Waals surface area (Å²) in [6, 6.07) is 5.68. The standard InChI is InChI=1S/C16H23NO4/c1-5-16(10-17(11(2)18)9-15(16)19)12-6-7-13(20-3)14(8-12)21-4/h6-8,15,19H,5,9-10H2,1-4H3/t15-,16+/m0/s1. The summed E-state index contributed by atoms with van der Waals surface area (Å²) in [4.78, 5) is 13.3. The van der Waals surface area contributed by atoms with Crippen LogP contribution in [0, 0.1) is 0 Å². The molecule has 0 aliphatic carbocycles. The second kappa shape index (κ2) is 5.93. The molecule has 116 valence electrons. The Morgan fingerprint density at radius 3 is 2.52 bits per heavy atom. The number of nitrogens with zero attached hydrogens (tertiary/aromatic N) is 1. The molecule has 1 fully saturated rings. The lowest BCUT2D eigenvalue weighted by atomic mass is 9.75. The van der Waals surface area contributed by atoms with Crippen molar-refractivity contribution in [3.8, 4) is 11.5 Å². The lowest BCUT2D eigenvalue weighted by Gasteiger charge is -2.31. The van der Waals surface area contributed by atoms with E-state index in [2.05, 4.69) is 0 Å². The third kappa shape index (κ3) is 2.58. The molecular weight excluding hydrogens is 270 g/mol. The molecule has 0 aromatic heterocycles. The van der Waals surface area contributed by atoms with Crippen molar-refractivity contribution in [3.05, 3.63) is 23.8 Å². The quantitative estimate of drug-likeness (QED) is 0.915. The second-order valence-electron chi connectivity index (χ2n) is 5.49. The molecule has 1 saturated heterocycles. The maximum Gasteiger partial charge on any atom is 0.219 e. The molecule has 2 rings (SSSR count). The van der Waals surface area contributed by atoms with Crippen LogP contribution in [0.2, 0.25) is 0 Å². The molecule has 1 aliphatic rings. The summed E-state index contributed by atoms with van der Waals surface area (Å²) < 4.78 is 10.6. The van der Waals surface area contributed by atoms with E-state index in [1.54, 1.807) is 19.1 Å². The number of hydrogen-bond donors (Lipinski definition) is 1. The van der Waals surface area contributed by atoms with Crippen LogP contribution >= 0.6 is 0 Å². The van der Waals surface area contributed by atoms with E-state index in [0.717, 1.165) is 12.0 Å². The molecular formula is C16H23NO4. The van der Waals surface area contributed by atoms with Gasteiger partial charge in [0.05, 0.1) is 20.3 Å². The molecule has 0 radical (unpaired) electrons. The van der Waals surface area contributed by atoms with Gasteiger partial charge in [0.25, 0.3) is 0 Å². The Morgan fingerprint density at radius 1 is 1.38 bits per heavy atom. The molecule has 21 heavy (non-hydrogen) atoms. The minimum atomic E-state index is -0.579. The lowest BCUT2D eigenvalue weighted by Crippen LogP contribution is -2.38. The summed E-state index contributed by atoms with van der Waals surface area (Å²) in [7, 11) is 3.18. The first kappa shape index (κ1) is 15.6. The van der Waals surface area contributed by atoms with Crippen molar-refractivity contribution in [2.45, 2.75) is 31.8 Å². The number of aliphatic hydroxyl groups excluding tert-OH is 1. The number of aliphatic hydroxyl groups is 1. The fourth-order valence-electron chi connectivity index (χ4n) is 3.12. The van der Waals surface area contributed by atoms with Crippen LogP contribution in [0.25, 0.3) is 0 Å². The van der Waals surface area contributed by atoms with Crippen molar-refractivity contribution < 1.29 is 19.4 Å². The second-order valence-corrected chi connectivity index (χ2v) is 5.49. The average molecular weight is 293 g/mol. The van der Waals surface area contributed by atoms with Crippen LogP contribution in [0.5, 0.6) is 11.5 Å². The molecule has 2 atom stereocenters. The van der Waals surface area contributed by atoms with Gasteiger partial charge in [0.15, 0.2) is 11.5 Å². The van der Waals surface area contributed by atoms with Crippen molar-refractivity contribution in [2.24, 2.45) is 0 Å². The summed E-state index contributed by atoms with van der Waals surface area (Å²) in [5.41, 5.74) is 0.518. The van der Waals surface area contributed by atoms with Crippen LogP contribution in [-0.4, -0.2) is 49.3 Å². The predicted molar refractivity (Wildman–Crippen MR) is 79.8 cm³/mol. The zero-order valence-electron chi connectivity index (χ0n) is 13.0. The topological polar surface area (TPSA) is 59.0 Å². The Kier molecular flexibility index (Phi) is 4.42. The van der Waals surface area contributed by atoms with E-state index in [0.29, 0.717) is 24.6 Å². The van der Waals surface area contributed by atoms with E-state index in [-0.39, 0.29) is 5.91 Å². The fraction of sp³-hybridized carbons (Fsp3) is 0.562. The van der Waals surface area contributed by atoms with Crippen LogP contribution in [0.1, 0.15) is 25.8 Å². The first-order valence-electron chi connectivity index (χ1n) is 7.14. The van der Waals surface area contributed by atoms with Gasteiger partial charge < -0.3 is 19.5 Å². The van der Waals surface area contributed by atoms with E-state index in [1.165, 1.54) is 6.92 Å². The number of amides is 1. The highest BCUT2D eigenvalue weighted by atomic mass is 16.5. The monoisotopic (exact) mass is 293 g/mol. The Morgan fingerprint density at radius 2 is 2.05 bits per heavy atom. The van der Waals surface area contributed by atoms with Crippen LogP contribution < -0.4 is 9.47 Å². The zero-order valence-corrected chi connectivity index (χ0v) is 13.0. The maximum atomic E-state index is 11.6. The molecule has 1 amide bonds. The van der Waals surface area contributed by atoms with Gasteiger partial charge >= 0.3 is 0 Å². The summed E-state index contributed by atoms with van der Waals surface area (Å²) in [5.74, 6) is 1.28. The van der Waals surface area contributed by atoms with E-state index in [4.69, 9.17) is 9.47 Å². The van der Waals surface area contributed by atoms with Gasteiger partial charge in [-0.15, -0.1) is 0 Å². The molecule has 1 aliphatic heterocycles. The molecule has 5 heteroatoms. The van der Waals surface area contributed by atoms with Gasteiger partial charge in [-0.25, -0.2) is 0 Å². The minimum absolute atomic E-state index is 0.00940. The third-order valence-electron chi connectivity index (χ3n) is 4.54. The van der Waals surface area contributed by atoms with Crippen molar-refractivity contribution in [2.75, 3.05) is 27.3 Å². The van der Waals surface area contributed by atoms with Crippen LogP contribution in [0.15, 0.2) is 18.2 Å². The summed E-state index contributed by atoms with van der Waals surface area (Å²) in [6.07, 6.45) is 0.164.